The Kier molecular flexibility index (Phi) is 11.6. The Bertz CT molecular complexity index is 1690. The number of nitrogens with one attached hydrogen (secondary N) is 1. The fourth-order valence-electron chi connectivity index (χ4n) is 6.77. The molecular weight excluding hydrogens is 624 g/mol. The van der Waals surface area contributed by atoms with Crippen molar-refractivity contribution in [3.8, 4) is 5.75 Å². The molecule has 0 aromatic heterocycles. The lowest BCUT2D eigenvalue weighted by atomic mass is 9.82. The molecule has 8 nitrogen and oxygen atoms in total. The largest absolute Gasteiger partial charge is 0.493 e. The first-order valence-electron chi connectivity index (χ1n) is 16.9. The molecule has 2 heterocycles. The Hall–Kier alpha value is -4.14. The van der Waals surface area contributed by atoms with Crippen molar-refractivity contribution >= 4 is 34.9 Å². The van der Waals surface area contributed by atoms with Crippen LogP contribution in [-0.4, -0.2) is 65.8 Å². The smallest absolute Gasteiger partial charge is 0.252 e. The molecule has 2 atom stereocenters. The molecule has 0 aliphatic carbocycles. The third kappa shape index (κ3) is 8.47. The highest BCUT2D eigenvalue weighted by atomic mass is 35.5. The first kappa shape index (κ1) is 35.2. The molecule has 254 valence electrons. The number of benzene rings is 3. The number of amides is 3. The topological polar surface area (TPSA) is 105 Å². The number of aryl methyl sites for hydroxylation is 2. The third-order valence-corrected chi connectivity index (χ3v) is 9.87. The van der Waals surface area contributed by atoms with Gasteiger partial charge in [-0.3, -0.25) is 14.4 Å². The van der Waals surface area contributed by atoms with Gasteiger partial charge >= 0.3 is 0 Å². The van der Waals surface area contributed by atoms with E-state index in [1.807, 2.05) is 41.0 Å². The number of ether oxygens (including phenoxy) is 1. The van der Waals surface area contributed by atoms with Crippen molar-refractivity contribution in [3.05, 3.63) is 105 Å². The standard InChI is InChI=1S/C39H47ClN4O4/c1-5-43(22-30-9-6-7-10-33(30)40)39(47)38-32(21-31-23-44(24-34(38)42-31)37(46)12-8-11-36(41)45)29-15-13-28(14-16-29)17-18-48-35-20-25(2)19-26(3)27(35)4/h6-7,9-10,13-16,19-20,31,34,42H,5,8,11-12,17-18,21-24H2,1-4H3,(H2,41,45)/t31-,34-/m1/s1. The lowest BCUT2D eigenvalue weighted by Crippen LogP contribution is -2.62. The predicted molar refractivity (Wildman–Crippen MR) is 191 cm³/mol. The summed E-state index contributed by atoms with van der Waals surface area (Å²) in [5.41, 5.74) is 13.6. The lowest BCUT2D eigenvalue weighted by Gasteiger charge is -2.45. The Balaban J connectivity index is 1.39. The summed E-state index contributed by atoms with van der Waals surface area (Å²) in [6.45, 7) is 10.6. The average Bonchev–Trinajstić information content (AvgIpc) is 3.06. The van der Waals surface area contributed by atoms with Gasteiger partial charge in [-0.25, -0.2) is 0 Å². The number of nitrogens with two attached hydrogens (primary N) is 1. The van der Waals surface area contributed by atoms with Crippen LogP contribution in [0.2, 0.25) is 5.02 Å². The fraction of sp³-hybridized carbons (Fsp3) is 0.410. The Morgan fingerprint density at radius 2 is 1.77 bits per heavy atom. The van der Waals surface area contributed by atoms with Crippen LogP contribution in [0.1, 0.15) is 66.0 Å². The molecule has 3 aromatic carbocycles. The third-order valence-electron chi connectivity index (χ3n) is 9.50. The van der Waals surface area contributed by atoms with E-state index in [0.717, 1.165) is 40.0 Å². The van der Waals surface area contributed by atoms with E-state index < -0.39 is 5.91 Å². The van der Waals surface area contributed by atoms with E-state index in [9.17, 15) is 14.4 Å². The summed E-state index contributed by atoms with van der Waals surface area (Å²) in [4.78, 5) is 42.6. The molecule has 2 bridgehead atoms. The van der Waals surface area contributed by atoms with Crippen molar-refractivity contribution in [1.29, 1.82) is 0 Å². The van der Waals surface area contributed by atoms with E-state index in [4.69, 9.17) is 22.1 Å². The molecule has 3 amide bonds. The number of hydrogen-bond acceptors (Lipinski definition) is 5. The molecule has 0 spiro atoms. The minimum absolute atomic E-state index is 0.00290. The molecule has 0 saturated carbocycles. The number of fused-ring (bicyclic) bond motifs is 2. The van der Waals surface area contributed by atoms with Gasteiger partial charge in [-0.05, 0) is 91.6 Å². The number of halogens is 1. The Morgan fingerprint density at radius 3 is 2.48 bits per heavy atom. The number of rotatable bonds is 13. The van der Waals surface area contributed by atoms with Gasteiger partial charge in [0.25, 0.3) is 5.91 Å². The van der Waals surface area contributed by atoms with Gasteiger partial charge in [-0.1, -0.05) is 60.1 Å². The van der Waals surface area contributed by atoms with Gasteiger partial charge in [0.05, 0.1) is 12.6 Å². The molecule has 3 aromatic rings. The summed E-state index contributed by atoms with van der Waals surface area (Å²) < 4.78 is 6.18. The number of piperazine rings is 1. The molecule has 9 heteroatoms. The highest BCUT2D eigenvalue weighted by molar-refractivity contribution is 6.31. The van der Waals surface area contributed by atoms with Crippen LogP contribution in [0.15, 0.2) is 66.2 Å². The Morgan fingerprint density at radius 1 is 1.02 bits per heavy atom. The number of carbonyl (C=O) groups is 3. The van der Waals surface area contributed by atoms with Gasteiger partial charge in [0.2, 0.25) is 11.8 Å². The zero-order valence-electron chi connectivity index (χ0n) is 28.5. The molecule has 2 aliphatic heterocycles. The van der Waals surface area contributed by atoms with Crippen LogP contribution >= 0.6 is 11.6 Å². The number of nitrogens with zero attached hydrogens (tertiary/aromatic N) is 2. The monoisotopic (exact) mass is 670 g/mol. The summed E-state index contributed by atoms with van der Waals surface area (Å²) in [6, 6.07) is 20.0. The quantitative estimate of drug-likeness (QED) is 0.235. The zero-order valence-corrected chi connectivity index (χ0v) is 29.2. The number of hydrogen-bond donors (Lipinski definition) is 2. The van der Waals surface area contributed by atoms with Crippen molar-refractivity contribution in [1.82, 2.24) is 15.1 Å². The van der Waals surface area contributed by atoms with E-state index >= 15 is 0 Å². The zero-order chi connectivity index (χ0) is 34.4. The second kappa shape index (κ2) is 15.8. The molecule has 1 fully saturated rings. The predicted octanol–water partition coefficient (Wildman–Crippen LogP) is 5.92. The molecule has 1 saturated heterocycles. The molecule has 3 N–H and O–H groups in total. The van der Waals surface area contributed by atoms with E-state index in [0.29, 0.717) is 56.2 Å². The van der Waals surface area contributed by atoms with E-state index in [2.05, 4.69) is 62.5 Å². The van der Waals surface area contributed by atoms with Crippen molar-refractivity contribution in [3.63, 3.8) is 0 Å². The molecule has 2 aliphatic rings. The highest BCUT2D eigenvalue weighted by Gasteiger charge is 2.40. The van der Waals surface area contributed by atoms with Gasteiger partial charge in [-0.2, -0.15) is 0 Å². The van der Waals surface area contributed by atoms with Gasteiger partial charge in [0.15, 0.2) is 0 Å². The van der Waals surface area contributed by atoms with E-state index in [1.165, 1.54) is 11.1 Å². The maximum atomic E-state index is 14.5. The highest BCUT2D eigenvalue weighted by Crippen LogP contribution is 2.35. The van der Waals surface area contributed by atoms with Crippen molar-refractivity contribution < 1.29 is 19.1 Å². The van der Waals surface area contributed by atoms with Crippen LogP contribution in [0.4, 0.5) is 0 Å². The van der Waals surface area contributed by atoms with Gasteiger partial charge in [0.1, 0.15) is 5.75 Å². The SMILES string of the molecule is CCN(Cc1ccccc1Cl)C(=O)C1=C(c2ccc(CCOc3cc(C)cc(C)c3C)cc2)C[C@@H]2CN(C(=O)CCCC(N)=O)C[C@H]1N2. The normalized spacial score (nSPS) is 17.3. The summed E-state index contributed by atoms with van der Waals surface area (Å²) >= 11 is 6.50. The average molecular weight is 671 g/mol. The second-order valence-corrected chi connectivity index (χ2v) is 13.4. The van der Waals surface area contributed by atoms with E-state index in [1.54, 1.807) is 0 Å². The fourth-order valence-corrected chi connectivity index (χ4v) is 6.97. The van der Waals surface area contributed by atoms with Crippen LogP contribution in [0, 0.1) is 20.8 Å². The van der Waals surface area contributed by atoms with Crippen molar-refractivity contribution in [2.24, 2.45) is 5.73 Å². The van der Waals surface area contributed by atoms with Crippen LogP contribution in [0.25, 0.3) is 5.57 Å². The molecule has 0 radical (unpaired) electrons. The van der Waals surface area contributed by atoms with E-state index in [-0.39, 0.29) is 36.7 Å². The summed E-state index contributed by atoms with van der Waals surface area (Å²) in [5, 5.41) is 4.27. The van der Waals surface area contributed by atoms with Crippen molar-refractivity contribution in [2.45, 2.75) is 78.4 Å². The maximum Gasteiger partial charge on any atom is 0.252 e. The lowest BCUT2D eigenvalue weighted by molar-refractivity contribution is -0.134. The molecule has 0 unspecified atom stereocenters. The van der Waals surface area contributed by atoms with Gasteiger partial charge in [0, 0.05) is 62.1 Å². The first-order valence-corrected chi connectivity index (χ1v) is 17.3. The molecular formula is C39H47ClN4O4. The first-order chi connectivity index (χ1) is 23.0. The number of carbonyl (C=O) groups excluding carboxylic acids is 3. The number of likely N-dealkylation sites (N-methyl/N-ethyl adjacent to an activating group) is 1. The maximum absolute atomic E-state index is 14.5. The van der Waals surface area contributed by atoms with Gasteiger partial charge in [-0.15, -0.1) is 0 Å². The summed E-state index contributed by atoms with van der Waals surface area (Å²) in [5.74, 6) is 0.437. The second-order valence-electron chi connectivity index (χ2n) is 13.0. The molecule has 48 heavy (non-hydrogen) atoms. The van der Waals surface area contributed by atoms with Crippen LogP contribution < -0.4 is 15.8 Å². The van der Waals surface area contributed by atoms with Crippen LogP contribution in [0.3, 0.4) is 0 Å². The Labute approximate surface area is 289 Å². The molecule has 5 rings (SSSR count). The summed E-state index contributed by atoms with van der Waals surface area (Å²) in [6.07, 6.45) is 2.23. The van der Waals surface area contributed by atoms with Gasteiger partial charge < -0.3 is 25.6 Å². The van der Waals surface area contributed by atoms with Crippen molar-refractivity contribution in [2.75, 3.05) is 26.2 Å². The van der Waals surface area contributed by atoms with Crippen LogP contribution in [-0.2, 0) is 27.3 Å². The number of primary amides is 1. The van der Waals surface area contributed by atoms with Crippen LogP contribution in [0.5, 0.6) is 5.75 Å². The minimum Gasteiger partial charge on any atom is -0.493 e. The summed E-state index contributed by atoms with van der Waals surface area (Å²) in [7, 11) is 0. The minimum atomic E-state index is -0.409.